The highest BCUT2D eigenvalue weighted by molar-refractivity contribution is 5.77. The third kappa shape index (κ3) is 4.31. The smallest absolute Gasteiger partial charge is 0.223 e. The first-order valence-electron chi connectivity index (χ1n) is 11.1. The van der Waals surface area contributed by atoms with E-state index in [1.165, 1.54) is 18.2 Å². The van der Waals surface area contributed by atoms with E-state index in [9.17, 15) is 13.6 Å². The minimum Gasteiger partial charge on any atom is -0.366 e. The van der Waals surface area contributed by atoms with Crippen LogP contribution in [-0.4, -0.2) is 46.4 Å². The number of carbonyl (C=O) groups is 1. The van der Waals surface area contributed by atoms with Crippen LogP contribution in [0, 0.1) is 11.6 Å². The lowest BCUT2D eigenvalue weighted by molar-refractivity contribution is -0.131. The van der Waals surface area contributed by atoms with E-state index in [1.807, 2.05) is 44.7 Å². The van der Waals surface area contributed by atoms with Crippen LogP contribution in [0.3, 0.4) is 0 Å². The van der Waals surface area contributed by atoms with Gasteiger partial charge in [-0.25, -0.2) is 13.8 Å². The maximum absolute atomic E-state index is 14.1. The summed E-state index contributed by atoms with van der Waals surface area (Å²) in [6.45, 7) is 2.32. The molecule has 0 aliphatic carbocycles. The number of hydrogen-bond acceptors (Lipinski definition) is 3. The van der Waals surface area contributed by atoms with Crippen molar-refractivity contribution in [2.24, 2.45) is 0 Å². The standard InChI is InChI=1S/C26H24F2N4O/c27-20-10-8-19(9-11-20)26-23(32-14-4-3-7-24(32)29-26)12-13-25(33)31-17-15-30(16-18-31)22-6-2-1-5-21(22)28/h1-11,14H,12-13,15-18H2. The molecule has 0 radical (unpaired) electrons. The maximum atomic E-state index is 14.1. The first kappa shape index (κ1) is 21.1. The number of aromatic nitrogens is 2. The Bertz CT molecular complexity index is 1280. The van der Waals surface area contributed by atoms with Crippen LogP contribution in [-0.2, 0) is 11.2 Å². The molecule has 0 atom stereocenters. The van der Waals surface area contributed by atoms with Gasteiger partial charge in [-0.2, -0.15) is 0 Å². The van der Waals surface area contributed by atoms with Crippen LogP contribution in [0.1, 0.15) is 12.1 Å². The highest BCUT2D eigenvalue weighted by atomic mass is 19.1. The molecule has 1 fully saturated rings. The van der Waals surface area contributed by atoms with E-state index in [2.05, 4.69) is 0 Å². The van der Waals surface area contributed by atoms with Crippen LogP contribution in [0.4, 0.5) is 14.5 Å². The van der Waals surface area contributed by atoms with Crippen LogP contribution in [0.5, 0.6) is 0 Å². The third-order valence-corrected chi connectivity index (χ3v) is 6.15. The van der Waals surface area contributed by atoms with Gasteiger partial charge >= 0.3 is 0 Å². The van der Waals surface area contributed by atoms with Crippen molar-refractivity contribution in [2.45, 2.75) is 12.8 Å². The lowest BCUT2D eigenvalue weighted by Gasteiger charge is -2.36. The summed E-state index contributed by atoms with van der Waals surface area (Å²) in [5.41, 5.74) is 3.88. The average Bonchev–Trinajstić information content (AvgIpc) is 3.22. The number of benzene rings is 2. The molecule has 2 aromatic heterocycles. The number of aryl methyl sites for hydroxylation is 1. The summed E-state index contributed by atoms with van der Waals surface area (Å²) < 4.78 is 29.5. The minimum absolute atomic E-state index is 0.0686. The lowest BCUT2D eigenvalue weighted by atomic mass is 10.1. The number of para-hydroxylation sites is 1. The third-order valence-electron chi connectivity index (χ3n) is 6.15. The molecule has 1 aliphatic heterocycles. The zero-order chi connectivity index (χ0) is 22.8. The number of hydrogen-bond donors (Lipinski definition) is 0. The Kier molecular flexibility index (Phi) is 5.77. The molecule has 7 heteroatoms. The van der Waals surface area contributed by atoms with Gasteiger partial charge in [0, 0.05) is 44.4 Å². The maximum Gasteiger partial charge on any atom is 0.223 e. The number of carbonyl (C=O) groups excluding carboxylic acids is 1. The van der Waals surface area contributed by atoms with Crippen LogP contribution in [0.2, 0.25) is 0 Å². The van der Waals surface area contributed by atoms with Crippen LogP contribution < -0.4 is 4.90 Å². The molecule has 1 aliphatic rings. The Morgan fingerprint density at radius 1 is 0.879 bits per heavy atom. The van der Waals surface area contributed by atoms with Crippen molar-refractivity contribution < 1.29 is 13.6 Å². The van der Waals surface area contributed by atoms with Gasteiger partial charge in [0.05, 0.1) is 17.1 Å². The largest absolute Gasteiger partial charge is 0.366 e. The summed E-state index contributed by atoms with van der Waals surface area (Å²) >= 11 is 0. The van der Waals surface area contributed by atoms with Crippen LogP contribution in [0.15, 0.2) is 72.9 Å². The molecule has 1 amide bonds. The highest BCUT2D eigenvalue weighted by Gasteiger charge is 2.23. The van der Waals surface area contributed by atoms with E-state index in [0.717, 1.165) is 22.6 Å². The monoisotopic (exact) mass is 446 g/mol. The van der Waals surface area contributed by atoms with E-state index >= 15 is 0 Å². The SMILES string of the molecule is O=C(CCc1c(-c2ccc(F)cc2)nc2ccccn12)N1CCN(c2ccccc2F)CC1. The van der Waals surface area contributed by atoms with Crippen molar-refractivity contribution in [3.05, 3.63) is 90.3 Å². The van der Waals surface area contributed by atoms with Crippen LogP contribution >= 0.6 is 0 Å². The fraction of sp³-hybridized carbons (Fsp3) is 0.231. The van der Waals surface area contributed by atoms with Gasteiger partial charge in [0.15, 0.2) is 0 Å². The zero-order valence-corrected chi connectivity index (χ0v) is 18.1. The van der Waals surface area contributed by atoms with Gasteiger partial charge in [0.1, 0.15) is 17.3 Å². The fourth-order valence-electron chi connectivity index (χ4n) is 4.41. The van der Waals surface area contributed by atoms with Crippen molar-refractivity contribution in [1.29, 1.82) is 0 Å². The molecule has 3 heterocycles. The Balaban J connectivity index is 1.29. The summed E-state index contributed by atoms with van der Waals surface area (Å²) in [5, 5.41) is 0. The zero-order valence-electron chi connectivity index (χ0n) is 18.1. The topological polar surface area (TPSA) is 40.9 Å². The summed E-state index contributed by atoms with van der Waals surface area (Å²) in [7, 11) is 0. The summed E-state index contributed by atoms with van der Waals surface area (Å²) in [6, 6.07) is 18.8. The predicted molar refractivity (Wildman–Crippen MR) is 124 cm³/mol. The van der Waals surface area contributed by atoms with Crippen molar-refractivity contribution >= 4 is 17.2 Å². The van der Waals surface area contributed by atoms with Crippen molar-refractivity contribution in [3.63, 3.8) is 0 Å². The fourth-order valence-corrected chi connectivity index (χ4v) is 4.41. The molecule has 0 unspecified atom stereocenters. The number of anilines is 1. The van der Waals surface area contributed by atoms with Gasteiger partial charge in [-0.05, 0) is 55.0 Å². The van der Waals surface area contributed by atoms with Gasteiger partial charge in [0.25, 0.3) is 0 Å². The normalized spacial score (nSPS) is 14.1. The van der Waals surface area contributed by atoms with Gasteiger partial charge in [0.2, 0.25) is 5.91 Å². The molecule has 33 heavy (non-hydrogen) atoms. The number of rotatable bonds is 5. The lowest BCUT2D eigenvalue weighted by Crippen LogP contribution is -2.49. The number of nitrogens with zero attached hydrogens (tertiary/aromatic N) is 4. The van der Waals surface area contributed by atoms with E-state index < -0.39 is 0 Å². The number of halogens is 2. The molecule has 1 saturated heterocycles. The molecular weight excluding hydrogens is 422 g/mol. The summed E-state index contributed by atoms with van der Waals surface area (Å²) in [4.78, 5) is 21.5. The number of amides is 1. The molecule has 2 aromatic carbocycles. The molecule has 0 spiro atoms. The molecule has 4 aromatic rings. The van der Waals surface area contributed by atoms with Gasteiger partial charge in [-0.15, -0.1) is 0 Å². The number of piperazine rings is 1. The number of fused-ring (bicyclic) bond motifs is 1. The quantitative estimate of drug-likeness (QED) is 0.451. The van der Waals surface area contributed by atoms with Gasteiger partial charge in [-0.1, -0.05) is 18.2 Å². The van der Waals surface area contributed by atoms with Crippen molar-refractivity contribution in [1.82, 2.24) is 14.3 Å². The molecule has 168 valence electrons. The number of pyridine rings is 1. The summed E-state index contributed by atoms with van der Waals surface area (Å²) in [5.74, 6) is -0.467. The second-order valence-corrected chi connectivity index (χ2v) is 8.16. The first-order chi connectivity index (χ1) is 16.1. The van der Waals surface area contributed by atoms with Crippen molar-refractivity contribution in [2.75, 3.05) is 31.1 Å². The second-order valence-electron chi connectivity index (χ2n) is 8.16. The second kappa shape index (κ2) is 9.02. The Labute approximate surface area is 190 Å². The average molecular weight is 447 g/mol. The van der Waals surface area contributed by atoms with E-state index in [0.29, 0.717) is 44.7 Å². The molecule has 5 nitrogen and oxygen atoms in total. The van der Waals surface area contributed by atoms with Gasteiger partial charge < -0.3 is 14.2 Å². The molecule has 0 saturated carbocycles. The predicted octanol–water partition coefficient (Wildman–Crippen LogP) is 4.56. The first-order valence-corrected chi connectivity index (χ1v) is 11.1. The van der Waals surface area contributed by atoms with E-state index in [-0.39, 0.29) is 17.5 Å². The minimum atomic E-state index is -0.297. The summed E-state index contributed by atoms with van der Waals surface area (Å²) in [6.07, 6.45) is 2.79. The van der Waals surface area contributed by atoms with E-state index in [4.69, 9.17) is 4.98 Å². The Morgan fingerprint density at radius 2 is 1.61 bits per heavy atom. The Morgan fingerprint density at radius 3 is 2.36 bits per heavy atom. The number of imidazole rings is 1. The molecule has 0 N–H and O–H groups in total. The molecule has 0 bridgehead atoms. The van der Waals surface area contributed by atoms with Crippen molar-refractivity contribution in [3.8, 4) is 11.3 Å². The Hall–Kier alpha value is -3.74. The van der Waals surface area contributed by atoms with E-state index in [1.54, 1.807) is 24.3 Å². The van der Waals surface area contributed by atoms with Gasteiger partial charge in [-0.3, -0.25) is 4.79 Å². The highest BCUT2D eigenvalue weighted by Crippen LogP contribution is 2.26. The van der Waals surface area contributed by atoms with Crippen LogP contribution in [0.25, 0.3) is 16.9 Å². The molecule has 5 rings (SSSR count). The molecular formula is C26H24F2N4O.